The van der Waals surface area contributed by atoms with Crippen LogP contribution in [0.25, 0.3) is 5.76 Å². The van der Waals surface area contributed by atoms with Crippen LogP contribution in [0.1, 0.15) is 22.7 Å². The third-order valence-electron chi connectivity index (χ3n) is 5.75. The number of aromatic nitrogens is 1. The van der Waals surface area contributed by atoms with Gasteiger partial charge >= 0.3 is 0 Å². The molecule has 0 radical (unpaired) electrons. The van der Waals surface area contributed by atoms with Gasteiger partial charge in [-0.15, -0.1) is 0 Å². The molecule has 2 heterocycles. The number of nitrogens with zero attached hydrogens (tertiary/aromatic N) is 2. The lowest BCUT2D eigenvalue weighted by Gasteiger charge is -2.25. The van der Waals surface area contributed by atoms with Crippen LogP contribution >= 0.6 is 15.9 Å². The number of carbonyl (C=O) groups excluding carboxylic acids is 2. The normalized spacial score (nSPS) is 17.1. The first kappa shape index (κ1) is 23.5. The molecule has 1 amide bonds. The minimum absolute atomic E-state index is 0.0487. The molecule has 34 heavy (non-hydrogen) atoms. The fourth-order valence-electron chi connectivity index (χ4n) is 4.04. The number of hydrogen-bond acceptors (Lipinski definition) is 6. The van der Waals surface area contributed by atoms with E-state index >= 15 is 0 Å². The van der Waals surface area contributed by atoms with Crippen LogP contribution in [0.2, 0.25) is 0 Å². The lowest BCUT2D eigenvalue weighted by atomic mass is 9.96. The number of amides is 1. The van der Waals surface area contributed by atoms with Crippen molar-refractivity contribution < 1.29 is 24.2 Å². The number of ether oxygens (including phenoxy) is 2. The number of Topliss-reactive ketones (excluding diaryl/α,β-unsaturated/α-hetero) is 1. The van der Waals surface area contributed by atoms with Crippen molar-refractivity contribution in [2.75, 3.05) is 20.8 Å². The van der Waals surface area contributed by atoms with Crippen molar-refractivity contribution >= 4 is 33.4 Å². The Kier molecular flexibility index (Phi) is 6.98. The maximum Gasteiger partial charge on any atom is 0.295 e. The van der Waals surface area contributed by atoms with Gasteiger partial charge in [0, 0.05) is 29.0 Å². The number of hydrogen-bond donors (Lipinski definition) is 1. The lowest BCUT2D eigenvalue weighted by Crippen LogP contribution is -2.31. The summed E-state index contributed by atoms with van der Waals surface area (Å²) in [4.78, 5) is 31.8. The number of rotatable bonds is 7. The van der Waals surface area contributed by atoms with Gasteiger partial charge in [-0.25, -0.2) is 0 Å². The van der Waals surface area contributed by atoms with E-state index in [2.05, 4.69) is 20.9 Å². The maximum absolute atomic E-state index is 13.1. The quantitative estimate of drug-likeness (QED) is 0.278. The summed E-state index contributed by atoms with van der Waals surface area (Å²) < 4.78 is 11.5. The topological polar surface area (TPSA) is 89.0 Å². The van der Waals surface area contributed by atoms with E-state index in [1.807, 2.05) is 12.1 Å². The van der Waals surface area contributed by atoms with E-state index in [1.54, 1.807) is 69.1 Å². The lowest BCUT2D eigenvalue weighted by molar-refractivity contribution is -0.139. The van der Waals surface area contributed by atoms with Crippen LogP contribution in [0.3, 0.4) is 0 Å². The van der Waals surface area contributed by atoms with Gasteiger partial charge in [0.25, 0.3) is 11.7 Å². The Morgan fingerprint density at radius 2 is 1.79 bits per heavy atom. The average Bonchev–Trinajstić information content (AvgIpc) is 3.12. The standard InChI is InChI=1S/C26H23BrN2O5/c1-33-20-10-5-16(14-21(20)34-2)11-13-29-23(18-4-3-12-28-15-18)22(25(31)26(29)32)24(30)17-6-8-19(27)9-7-17/h3-10,12,14-15,23,30H,11,13H2,1-2H3/t23-/m1/s1. The Morgan fingerprint density at radius 1 is 1.06 bits per heavy atom. The summed E-state index contributed by atoms with van der Waals surface area (Å²) in [5.41, 5.74) is 2.06. The minimum Gasteiger partial charge on any atom is -0.507 e. The smallest absolute Gasteiger partial charge is 0.295 e. The van der Waals surface area contributed by atoms with Gasteiger partial charge < -0.3 is 19.5 Å². The monoisotopic (exact) mass is 522 g/mol. The van der Waals surface area contributed by atoms with Gasteiger partial charge in [0.05, 0.1) is 25.8 Å². The van der Waals surface area contributed by atoms with E-state index in [0.717, 1.165) is 10.0 Å². The van der Waals surface area contributed by atoms with Crippen LogP contribution in [0.15, 0.2) is 77.0 Å². The van der Waals surface area contributed by atoms with Crippen molar-refractivity contribution in [2.45, 2.75) is 12.5 Å². The Morgan fingerprint density at radius 3 is 2.44 bits per heavy atom. The molecule has 1 aliphatic rings. The molecule has 1 fully saturated rings. The SMILES string of the molecule is COc1ccc(CCN2C(=O)C(=O)C(=C(O)c3ccc(Br)cc3)[C@H]2c2cccnc2)cc1OC. The van der Waals surface area contributed by atoms with Crippen LogP contribution in [0.5, 0.6) is 11.5 Å². The van der Waals surface area contributed by atoms with Crippen LogP contribution in [-0.2, 0) is 16.0 Å². The third-order valence-corrected chi connectivity index (χ3v) is 6.28. The maximum atomic E-state index is 13.1. The van der Waals surface area contributed by atoms with Crippen LogP contribution in [0, 0.1) is 0 Å². The second kappa shape index (κ2) is 10.1. The molecular weight excluding hydrogens is 500 g/mol. The molecule has 7 nitrogen and oxygen atoms in total. The average molecular weight is 523 g/mol. The predicted octanol–water partition coefficient (Wildman–Crippen LogP) is 4.53. The molecular formula is C26H23BrN2O5. The highest BCUT2D eigenvalue weighted by atomic mass is 79.9. The number of benzene rings is 2. The molecule has 0 spiro atoms. The molecule has 1 saturated heterocycles. The van der Waals surface area contributed by atoms with E-state index in [1.165, 1.54) is 4.90 Å². The zero-order valence-electron chi connectivity index (χ0n) is 18.7. The number of likely N-dealkylation sites (tertiary alicyclic amines) is 1. The molecule has 0 saturated carbocycles. The third kappa shape index (κ3) is 4.54. The Bertz CT molecular complexity index is 1240. The predicted molar refractivity (Wildman–Crippen MR) is 131 cm³/mol. The highest BCUT2D eigenvalue weighted by Crippen LogP contribution is 2.39. The van der Waals surface area contributed by atoms with Crippen LogP contribution in [-0.4, -0.2) is 47.4 Å². The highest BCUT2D eigenvalue weighted by Gasteiger charge is 2.45. The van der Waals surface area contributed by atoms with Crippen molar-refractivity contribution in [1.29, 1.82) is 0 Å². The van der Waals surface area contributed by atoms with Gasteiger partial charge in [-0.05, 0) is 47.9 Å². The van der Waals surface area contributed by atoms with Crippen LogP contribution < -0.4 is 9.47 Å². The van der Waals surface area contributed by atoms with Gasteiger partial charge in [-0.3, -0.25) is 14.6 Å². The van der Waals surface area contributed by atoms with E-state index < -0.39 is 17.7 Å². The van der Waals surface area contributed by atoms with Crippen molar-refractivity contribution in [3.8, 4) is 11.5 Å². The number of methoxy groups -OCH3 is 2. The molecule has 2 aromatic carbocycles. The zero-order chi connectivity index (χ0) is 24.2. The summed E-state index contributed by atoms with van der Waals surface area (Å²) in [5, 5.41) is 11.1. The minimum atomic E-state index is -0.752. The number of aliphatic hydroxyl groups excluding tert-OH is 1. The molecule has 0 unspecified atom stereocenters. The number of aliphatic hydroxyl groups is 1. The fourth-order valence-corrected chi connectivity index (χ4v) is 4.31. The zero-order valence-corrected chi connectivity index (χ0v) is 20.3. The van der Waals surface area contributed by atoms with E-state index in [-0.39, 0.29) is 17.9 Å². The number of pyridine rings is 1. The molecule has 3 aromatic rings. The van der Waals surface area contributed by atoms with Crippen molar-refractivity contribution in [3.05, 3.63) is 93.7 Å². The molecule has 0 bridgehead atoms. The molecule has 1 atom stereocenters. The highest BCUT2D eigenvalue weighted by molar-refractivity contribution is 9.10. The van der Waals surface area contributed by atoms with Crippen molar-refractivity contribution in [2.24, 2.45) is 0 Å². The first-order valence-electron chi connectivity index (χ1n) is 10.6. The van der Waals surface area contributed by atoms with Crippen molar-refractivity contribution in [1.82, 2.24) is 9.88 Å². The number of halogens is 1. The molecule has 0 aliphatic carbocycles. The van der Waals surface area contributed by atoms with E-state index in [4.69, 9.17) is 9.47 Å². The first-order valence-corrected chi connectivity index (χ1v) is 11.4. The van der Waals surface area contributed by atoms with Gasteiger partial charge in [-0.1, -0.05) is 40.2 Å². The second-order valence-corrected chi connectivity index (χ2v) is 8.64. The molecule has 1 aromatic heterocycles. The van der Waals surface area contributed by atoms with Crippen LogP contribution in [0.4, 0.5) is 0 Å². The van der Waals surface area contributed by atoms with E-state index in [0.29, 0.717) is 29.0 Å². The van der Waals surface area contributed by atoms with Gasteiger partial charge in [0.1, 0.15) is 5.76 Å². The molecule has 174 valence electrons. The van der Waals surface area contributed by atoms with Crippen molar-refractivity contribution in [3.63, 3.8) is 0 Å². The fraction of sp³-hybridized carbons (Fsp3) is 0.192. The Balaban J connectivity index is 1.72. The number of carbonyl (C=O) groups is 2. The summed E-state index contributed by atoms with van der Waals surface area (Å²) in [7, 11) is 3.13. The summed E-state index contributed by atoms with van der Waals surface area (Å²) in [6.07, 6.45) is 3.70. The summed E-state index contributed by atoms with van der Waals surface area (Å²) in [6.45, 7) is 0.261. The molecule has 1 N–H and O–H groups in total. The molecule has 1 aliphatic heterocycles. The largest absolute Gasteiger partial charge is 0.507 e. The summed E-state index contributed by atoms with van der Waals surface area (Å²) in [6, 6.07) is 15.2. The first-order chi connectivity index (χ1) is 16.4. The van der Waals surface area contributed by atoms with Gasteiger partial charge in [-0.2, -0.15) is 0 Å². The summed E-state index contributed by atoms with van der Waals surface area (Å²) >= 11 is 3.37. The molecule has 8 heteroatoms. The second-order valence-electron chi connectivity index (χ2n) is 7.73. The van der Waals surface area contributed by atoms with Gasteiger partial charge in [0.2, 0.25) is 0 Å². The van der Waals surface area contributed by atoms with Gasteiger partial charge in [0.15, 0.2) is 11.5 Å². The Hall–Kier alpha value is -3.65. The Labute approximate surface area is 205 Å². The van der Waals surface area contributed by atoms with E-state index in [9.17, 15) is 14.7 Å². The number of ketones is 1. The summed E-state index contributed by atoms with van der Waals surface area (Å²) in [5.74, 6) is -0.402. The molecule has 4 rings (SSSR count).